The first-order valence-electron chi connectivity index (χ1n) is 6.20. The second kappa shape index (κ2) is 6.38. The highest BCUT2D eigenvalue weighted by Crippen LogP contribution is 2.19. The average Bonchev–Trinajstić information content (AvgIpc) is 2.39. The molecule has 0 spiro atoms. The molecule has 0 heterocycles. The molecule has 3 heteroatoms. The highest BCUT2D eigenvalue weighted by Gasteiger charge is 2.08. The molecule has 2 aromatic carbocycles. The van der Waals surface area contributed by atoms with Crippen LogP contribution in [-0.2, 0) is 4.43 Å². The van der Waals surface area contributed by atoms with Crippen molar-refractivity contribution in [3.63, 3.8) is 0 Å². The van der Waals surface area contributed by atoms with Crippen molar-refractivity contribution in [2.24, 2.45) is 0 Å². The molecular weight excluding hydrogens is 240 g/mol. The van der Waals surface area contributed by atoms with Crippen LogP contribution in [0.2, 0.25) is 0 Å². The summed E-state index contributed by atoms with van der Waals surface area (Å²) in [5.41, 5.74) is 1.25. The van der Waals surface area contributed by atoms with E-state index in [1.165, 1.54) is 10.8 Å². The summed E-state index contributed by atoms with van der Waals surface area (Å²) in [5.74, 6) is 1.80. The fraction of sp³-hybridized carbons (Fsp3) is 0.200. The van der Waals surface area contributed by atoms with Crippen LogP contribution in [0.4, 0.5) is 0 Å². The summed E-state index contributed by atoms with van der Waals surface area (Å²) in [6.45, 7) is 4.91. The Bertz CT molecular complexity index is 497. The van der Waals surface area contributed by atoms with Gasteiger partial charge in [-0.3, -0.25) is 0 Å². The van der Waals surface area contributed by atoms with Gasteiger partial charge < -0.3 is 9.16 Å². The monoisotopic (exact) mass is 258 g/mol. The molecule has 2 aromatic rings. The molecule has 0 aliphatic carbocycles. The third kappa shape index (κ3) is 3.21. The molecule has 0 amide bonds. The molecule has 0 bridgehead atoms. The van der Waals surface area contributed by atoms with Crippen molar-refractivity contribution in [3.8, 4) is 11.5 Å². The lowest BCUT2D eigenvalue weighted by Crippen LogP contribution is -2.22. The van der Waals surface area contributed by atoms with E-state index in [4.69, 9.17) is 9.16 Å². The quantitative estimate of drug-likeness (QED) is 0.767. The van der Waals surface area contributed by atoms with Crippen LogP contribution in [0.5, 0.6) is 11.5 Å². The third-order valence-corrected chi connectivity index (χ3v) is 4.60. The fourth-order valence-electron chi connectivity index (χ4n) is 1.78. The normalized spacial score (nSPS) is 11.0. The molecule has 18 heavy (non-hydrogen) atoms. The number of ether oxygens (including phenoxy) is 1. The van der Waals surface area contributed by atoms with Crippen molar-refractivity contribution in [1.29, 1.82) is 0 Å². The molecule has 2 nitrogen and oxygen atoms in total. The maximum Gasteiger partial charge on any atom is 0.196 e. The number of benzene rings is 2. The lowest BCUT2D eigenvalue weighted by Gasteiger charge is -2.13. The summed E-state index contributed by atoms with van der Waals surface area (Å²) < 4.78 is 11.6. The Morgan fingerprint density at radius 1 is 1.00 bits per heavy atom. The molecule has 0 radical (unpaired) electrons. The Morgan fingerprint density at radius 3 is 2.50 bits per heavy atom. The zero-order chi connectivity index (χ0) is 12.8. The van der Waals surface area contributed by atoms with Gasteiger partial charge in [-0.05, 0) is 37.6 Å². The maximum atomic E-state index is 5.94. The van der Waals surface area contributed by atoms with Crippen LogP contribution in [0.3, 0.4) is 0 Å². The van der Waals surface area contributed by atoms with E-state index in [0.717, 1.165) is 18.1 Å². The first-order valence-corrected chi connectivity index (χ1v) is 7.49. The molecule has 0 atom stereocenters. The van der Waals surface area contributed by atoms with Crippen molar-refractivity contribution < 1.29 is 9.16 Å². The Kier molecular flexibility index (Phi) is 4.56. The number of para-hydroxylation sites is 1. The van der Waals surface area contributed by atoms with Crippen molar-refractivity contribution in [3.05, 3.63) is 54.1 Å². The second-order valence-corrected chi connectivity index (χ2v) is 5.51. The van der Waals surface area contributed by atoms with Crippen molar-refractivity contribution in [1.82, 2.24) is 0 Å². The van der Waals surface area contributed by atoms with Gasteiger partial charge in [0.15, 0.2) is 9.76 Å². The van der Waals surface area contributed by atoms with Gasteiger partial charge in [0, 0.05) is 11.8 Å². The Morgan fingerprint density at radius 2 is 1.78 bits per heavy atom. The van der Waals surface area contributed by atoms with Gasteiger partial charge in [-0.1, -0.05) is 30.3 Å². The summed E-state index contributed by atoms with van der Waals surface area (Å²) in [4.78, 5) is 0. The minimum absolute atomic E-state index is 0.710. The Balaban J connectivity index is 2.24. The SMILES string of the molecule is CCO[SiH2]c1c(C)cccc1Oc1ccccc1. The largest absolute Gasteiger partial charge is 0.457 e. The highest BCUT2D eigenvalue weighted by atomic mass is 28.2. The van der Waals surface area contributed by atoms with E-state index in [9.17, 15) is 0 Å². The lowest BCUT2D eigenvalue weighted by molar-refractivity contribution is 0.366. The summed E-state index contributed by atoms with van der Waals surface area (Å²) in [6.07, 6.45) is 0. The van der Waals surface area contributed by atoms with E-state index in [1.807, 2.05) is 49.4 Å². The van der Waals surface area contributed by atoms with Crippen LogP contribution >= 0.6 is 0 Å². The van der Waals surface area contributed by atoms with E-state index in [2.05, 4.69) is 13.0 Å². The molecule has 0 aromatic heterocycles. The van der Waals surface area contributed by atoms with E-state index in [1.54, 1.807) is 0 Å². The van der Waals surface area contributed by atoms with E-state index < -0.39 is 9.76 Å². The maximum absolute atomic E-state index is 5.94. The second-order valence-electron chi connectivity index (χ2n) is 4.10. The number of hydrogen-bond acceptors (Lipinski definition) is 2. The molecule has 0 unspecified atom stereocenters. The minimum atomic E-state index is -0.710. The lowest BCUT2D eigenvalue weighted by atomic mass is 10.2. The van der Waals surface area contributed by atoms with Crippen LogP contribution in [0.1, 0.15) is 12.5 Å². The third-order valence-electron chi connectivity index (χ3n) is 2.79. The van der Waals surface area contributed by atoms with E-state index in [-0.39, 0.29) is 0 Å². The molecule has 0 N–H and O–H groups in total. The van der Waals surface area contributed by atoms with Crippen molar-refractivity contribution in [2.45, 2.75) is 13.8 Å². The van der Waals surface area contributed by atoms with Crippen molar-refractivity contribution in [2.75, 3.05) is 6.61 Å². The zero-order valence-corrected chi connectivity index (χ0v) is 12.3. The number of aryl methyl sites for hydroxylation is 1. The van der Waals surface area contributed by atoms with Crippen LogP contribution in [0.25, 0.3) is 0 Å². The first kappa shape index (κ1) is 12.9. The summed E-state index contributed by atoms with van der Waals surface area (Å²) in [5, 5.41) is 1.25. The molecule has 0 aliphatic rings. The van der Waals surface area contributed by atoms with E-state index in [0.29, 0.717) is 0 Å². The summed E-state index contributed by atoms with van der Waals surface area (Å²) >= 11 is 0. The van der Waals surface area contributed by atoms with Crippen molar-refractivity contribution >= 4 is 14.9 Å². The predicted molar refractivity (Wildman–Crippen MR) is 77.5 cm³/mol. The fourth-order valence-corrected chi connectivity index (χ4v) is 2.86. The van der Waals surface area contributed by atoms with Gasteiger partial charge in [0.1, 0.15) is 11.5 Å². The number of hydrogen-bond donors (Lipinski definition) is 0. The van der Waals surface area contributed by atoms with Crippen LogP contribution < -0.4 is 9.92 Å². The topological polar surface area (TPSA) is 18.5 Å². The van der Waals surface area contributed by atoms with Gasteiger partial charge >= 0.3 is 0 Å². The predicted octanol–water partition coefficient (Wildman–Crippen LogP) is 2.53. The number of rotatable bonds is 5. The zero-order valence-electron chi connectivity index (χ0n) is 10.8. The van der Waals surface area contributed by atoms with Gasteiger partial charge in [-0.2, -0.15) is 0 Å². The highest BCUT2D eigenvalue weighted by molar-refractivity contribution is 6.49. The molecule has 2 rings (SSSR count). The van der Waals surface area contributed by atoms with Gasteiger partial charge in [-0.25, -0.2) is 0 Å². The van der Waals surface area contributed by atoms with Gasteiger partial charge in [0.25, 0.3) is 0 Å². The van der Waals surface area contributed by atoms with Crippen LogP contribution in [0.15, 0.2) is 48.5 Å². The molecule has 94 valence electrons. The van der Waals surface area contributed by atoms with Gasteiger partial charge in [0.05, 0.1) is 0 Å². The average molecular weight is 258 g/mol. The van der Waals surface area contributed by atoms with Gasteiger partial charge in [-0.15, -0.1) is 0 Å². The standard InChI is InChI=1S/C15H18O2Si/c1-3-16-18-15-12(2)8-7-11-14(15)17-13-9-5-4-6-10-13/h4-11H,3,18H2,1-2H3. The minimum Gasteiger partial charge on any atom is -0.457 e. The van der Waals surface area contributed by atoms with E-state index >= 15 is 0 Å². The van der Waals surface area contributed by atoms with Crippen LogP contribution in [0, 0.1) is 6.92 Å². The smallest absolute Gasteiger partial charge is 0.196 e. The van der Waals surface area contributed by atoms with Gasteiger partial charge in [0.2, 0.25) is 0 Å². The molecule has 0 fully saturated rings. The summed E-state index contributed by atoms with van der Waals surface area (Å²) in [6, 6.07) is 16.0. The molecule has 0 saturated carbocycles. The Hall–Kier alpha value is -1.58. The van der Waals surface area contributed by atoms with Crippen LogP contribution in [-0.4, -0.2) is 16.4 Å². The molecular formula is C15H18O2Si. The molecule has 0 saturated heterocycles. The Labute approximate surface area is 111 Å². The molecule has 0 aliphatic heterocycles. The summed E-state index contributed by atoms with van der Waals surface area (Å²) in [7, 11) is -0.710. The first-order chi connectivity index (χ1) is 8.81.